The van der Waals surface area contributed by atoms with E-state index in [4.69, 9.17) is 0 Å². The fourth-order valence-electron chi connectivity index (χ4n) is 1.82. The first kappa shape index (κ1) is 12.5. The number of hydrogen-bond acceptors (Lipinski definition) is 1. The lowest BCUT2D eigenvalue weighted by molar-refractivity contribution is 1.14. The van der Waals surface area contributed by atoms with Crippen LogP contribution in [-0.4, -0.2) is 0 Å². The molecule has 2 aromatic carbocycles. The van der Waals surface area contributed by atoms with Crippen LogP contribution < -0.4 is 6.15 Å². The summed E-state index contributed by atoms with van der Waals surface area (Å²) in [5, 5.41) is 0. The minimum Gasteiger partial charge on any atom is -0.344 e. The van der Waals surface area contributed by atoms with Crippen LogP contribution in [0.5, 0.6) is 0 Å². The summed E-state index contributed by atoms with van der Waals surface area (Å²) in [5.41, 5.74) is 5.61. The molecule has 0 amide bonds. The van der Waals surface area contributed by atoms with Crippen molar-refractivity contribution in [1.29, 1.82) is 0 Å². The van der Waals surface area contributed by atoms with E-state index in [1.165, 1.54) is 22.3 Å². The maximum Gasteiger partial charge on any atom is -0.00231 e. The highest BCUT2D eigenvalue weighted by Gasteiger charge is 2.01. The van der Waals surface area contributed by atoms with Gasteiger partial charge in [-0.15, -0.1) is 0 Å². The van der Waals surface area contributed by atoms with Gasteiger partial charge in [-0.2, -0.15) is 0 Å². The van der Waals surface area contributed by atoms with Crippen LogP contribution in [-0.2, 0) is 6.42 Å². The molecule has 0 spiro atoms. The fraction of sp³-hybridized carbons (Fsp3) is 0.200. The van der Waals surface area contributed by atoms with Crippen LogP contribution in [0.25, 0.3) is 0 Å². The molecule has 84 valence electrons. The van der Waals surface area contributed by atoms with Gasteiger partial charge in [0.1, 0.15) is 0 Å². The molecule has 16 heavy (non-hydrogen) atoms. The third-order valence-corrected chi connectivity index (χ3v) is 2.95. The van der Waals surface area contributed by atoms with E-state index >= 15 is 0 Å². The summed E-state index contributed by atoms with van der Waals surface area (Å²) in [6.07, 6.45) is 1.04. The van der Waals surface area contributed by atoms with Crippen molar-refractivity contribution in [3.05, 3.63) is 70.8 Å². The van der Waals surface area contributed by atoms with E-state index in [1.54, 1.807) is 0 Å². The molecule has 1 nitrogen and oxygen atoms in total. The monoisotopic (exact) mass is 213 g/mol. The number of benzene rings is 2. The Kier molecular flexibility index (Phi) is 4.27. The smallest absolute Gasteiger partial charge is 0.00231 e. The van der Waals surface area contributed by atoms with Crippen molar-refractivity contribution in [3.63, 3.8) is 0 Å². The third kappa shape index (κ3) is 2.71. The highest BCUT2D eigenvalue weighted by atomic mass is 14.1. The Hall–Kier alpha value is -1.60. The van der Waals surface area contributed by atoms with E-state index in [-0.39, 0.29) is 6.15 Å². The zero-order valence-electron chi connectivity index (χ0n) is 10.0. The predicted molar refractivity (Wildman–Crippen MR) is 70.2 cm³/mol. The molecule has 0 fully saturated rings. The standard InChI is InChI=1S/C15H16.H3N/c1-12-7-6-10-15(13(12)2)11-14-8-4-3-5-9-14;/h3-10H,11H2,1-2H3;1H3. The molecule has 0 unspecified atom stereocenters. The van der Waals surface area contributed by atoms with Crippen LogP contribution >= 0.6 is 0 Å². The van der Waals surface area contributed by atoms with Crippen LogP contribution in [0.4, 0.5) is 0 Å². The maximum absolute atomic E-state index is 2.22. The first-order valence-corrected chi connectivity index (χ1v) is 5.36. The largest absolute Gasteiger partial charge is 0.344 e. The summed E-state index contributed by atoms with van der Waals surface area (Å²) in [7, 11) is 0. The normalized spacial score (nSPS) is 9.62. The van der Waals surface area contributed by atoms with E-state index in [2.05, 4.69) is 62.4 Å². The first-order chi connectivity index (χ1) is 7.27. The lowest BCUT2D eigenvalue weighted by Crippen LogP contribution is -1.93. The topological polar surface area (TPSA) is 35.0 Å². The molecule has 0 aliphatic heterocycles. The minimum absolute atomic E-state index is 0. The Labute approximate surface area is 97.7 Å². The summed E-state index contributed by atoms with van der Waals surface area (Å²) < 4.78 is 0. The second-order valence-corrected chi connectivity index (χ2v) is 4.02. The van der Waals surface area contributed by atoms with E-state index in [9.17, 15) is 0 Å². The van der Waals surface area contributed by atoms with Gasteiger partial charge in [-0.3, -0.25) is 0 Å². The quantitative estimate of drug-likeness (QED) is 0.802. The molecule has 0 aliphatic carbocycles. The third-order valence-electron chi connectivity index (χ3n) is 2.95. The highest BCUT2D eigenvalue weighted by molar-refractivity contribution is 5.36. The van der Waals surface area contributed by atoms with Gasteiger partial charge in [-0.1, -0.05) is 48.5 Å². The summed E-state index contributed by atoms with van der Waals surface area (Å²) in [6.45, 7) is 4.37. The van der Waals surface area contributed by atoms with Crippen molar-refractivity contribution < 1.29 is 0 Å². The summed E-state index contributed by atoms with van der Waals surface area (Å²) in [4.78, 5) is 0. The molecule has 0 heterocycles. The van der Waals surface area contributed by atoms with Crippen LogP contribution in [0.2, 0.25) is 0 Å². The van der Waals surface area contributed by atoms with Gasteiger partial charge in [-0.05, 0) is 42.5 Å². The van der Waals surface area contributed by atoms with Gasteiger partial charge >= 0.3 is 0 Å². The summed E-state index contributed by atoms with van der Waals surface area (Å²) in [6, 6.07) is 17.1. The van der Waals surface area contributed by atoms with Gasteiger partial charge in [0.2, 0.25) is 0 Å². The lowest BCUT2D eigenvalue weighted by Gasteiger charge is -2.08. The molecular formula is C15H19N. The van der Waals surface area contributed by atoms with Crippen molar-refractivity contribution in [1.82, 2.24) is 6.15 Å². The molecule has 0 aliphatic rings. The Morgan fingerprint density at radius 2 is 1.50 bits per heavy atom. The van der Waals surface area contributed by atoms with Crippen molar-refractivity contribution in [2.24, 2.45) is 0 Å². The molecule has 1 heteroatoms. The number of aryl methyl sites for hydroxylation is 1. The van der Waals surface area contributed by atoms with Crippen molar-refractivity contribution in [2.45, 2.75) is 20.3 Å². The van der Waals surface area contributed by atoms with Crippen LogP contribution in [0.3, 0.4) is 0 Å². The molecule has 0 aromatic heterocycles. The first-order valence-electron chi connectivity index (χ1n) is 5.36. The zero-order chi connectivity index (χ0) is 10.7. The highest BCUT2D eigenvalue weighted by Crippen LogP contribution is 2.16. The molecule has 0 saturated carbocycles. The molecule has 0 radical (unpaired) electrons. The second-order valence-electron chi connectivity index (χ2n) is 4.02. The predicted octanol–water partition coefficient (Wildman–Crippen LogP) is 4.06. The lowest BCUT2D eigenvalue weighted by atomic mass is 9.97. The van der Waals surface area contributed by atoms with E-state index in [0.717, 1.165) is 6.42 Å². The van der Waals surface area contributed by atoms with Crippen LogP contribution in [0, 0.1) is 13.8 Å². The zero-order valence-corrected chi connectivity index (χ0v) is 10.0. The van der Waals surface area contributed by atoms with E-state index < -0.39 is 0 Å². The Bertz CT molecular complexity index is 446. The molecule has 2 aromatic rings. The molecule has 0 atom stereocenters. The SMILES string of the molecule is Cc1cccc(Cc2ccccc2)c1C.N. The van der Waals surface area contributed by atoms with Gasteiger partial charge in [0, 0.05) is 0 Å². The van der Waals surface area contributed by atoms with Gasteiger partial charge in [0.05, 0.1) is 0 Å². The molecule has 0 bridgehead atoms. The minimum atomic E-state index is 0. The van der Waals surface area contributed by atoms with Crippen molar-refractivity contribution in [2.75, 3.05) is 0 Å². The average molecular weight is 213 g/mol. The number of rotatable bonds is 2. The summed E-state index contributed by atoms with van der Waals surface area (Å²) in [5.74, 6) is 0. The number of hydrogen-bond donors (Lipinski definition) is 1. The van der Waals surface area contributed by atoms with Gasteiger partial charge in [0.25, 0.3) is 0 Å². The second kappa shape index (κ2) is 5.47. The fourth-order valence-corrected chi connectivity index (χ4v) is 1.82. The van der Waals surface area contributed by atoms with Crippen molar-refractivity contribution in [3.8, 4) is 0 Å². The van der Waals surface area contributed by atoms with E-state index in [1.807, 2.05) is 0 Å². The van der Waals surface area contributed by atoms with Gasteiger partial charge in [-0.25, -0.2) is 0 Å². The Morgan fingerprint density at radius 1 is 0.812 bits per heavy atom. The molecule has 3 N–H and O–H groups in total. The molecule has 0 saturated heterocycles. The molecular weight excluding hydrogens is 194 g/mol. The maximum atomic E-state index is 2.22. The van der Waals surface area contributed by atoms with Crippen LogP contribution in [0.15, 0.2) is 48.5 Å². The van der Waals surface area contributed by atoms with E-state index in [0.29, 0.717) is 0 Å². The Morgan fingerprint density at radius 3 is 2.19 bits per heavy atom. The average Bonchev–Trinajstić information content (AvgIpc) is 2.26. The summed E-state index contributed by atoms with van der Waals surface area (Å²) >= 11 is 0. The van der Waals surface area contributed by atoms with Gasteiger partial charge < -0.3 is 6.15 Å². The van der Waals surface area contributed by atoms with Gasteiger partial charge in [0.15, 0.2) is 0 Å². The van der Waals surface area contributed by atoms with Crippen molar-refractivity contribution >= 4 is 0 Å². The van der Waals surface area contributed by atoms with Crippen LogP contribution in [0.1, 0.15) is 22.3 Å². The molecule has 2 rings (SSSR count). The Balaban J connectivity index is 0.00000128.